The molecule has 1 aromatic carbocycles. The summed E-state index contributed by atoms with van der Waals surface area (Å²) in [6.45, 7) is 0.0172. The smallest absolute Gasteiger partial charge is 0.389 e. The number of rotatable bonds is 6. The summed E-state index contributed by atoms with van der Waals surface area (Å²) in [6.07, 6.45) is -5.07. The normalized spacial score (nSPS) is 11.2. The molecule has 3 nitrogen and oxygen atoms in total. The van der Waals surface area contributed by atoms with E-state index < -0.39 is 12.6 Å². The molecule has 0 atom stereocenters. The van der Waals surface area contributed by atoms with Gasteiger partial charge in [-0.15, -0.1) is 0 Å². The van der Waals surface area contributed by atoms with Crippen molar-refractivity contribution in [3.63, 3.8) is 0 Å². The molecule has 0 aromatic heterocycles. The first-order valence-corrected chi connectivity index (χ1v) is 6.41. The molecule has 1 rings (SSSR count). The van der Waals surface area contributed by atoms with Gasteiger partial charge in [-0.2, -0.15) is 13.2 Å². The Hall–Kier alpha value is -1.63. The summed E-state index contributed by atoms with van der Waals surface area (Å²) >= 11 is 4.80. The zero-order valence-electron chi connectivity index (χ0n) is 10.7. The predicted octanol–water partition coefficient (Wildman–Crippen LogP) is 2.32. The fourth-order valence-corrected chi connectivity index (χ4v) is 1.69. The second-order valence-corrected chi connectivity index (χ2v) is 4.75. The second kappa shape index (κ2) is 7.23. The summed E-state index contributed by atoms with van der Waals surface area (Å²) in [5.74, 6) is -0.310. The number of hydrogen-bond donors (Lipinski definition) is 2. The van der Waals surface area contributed by atoms with Gasteiger partial charge in [0.25, 0.3) is 0 Å². The Morgan fingerprint density at radius 2 is 1.85 bits per heavy atom. The Morgan fingerprint density at radius 1 is 1.25 bits per heavy atom. The van der Waals surface area contributed by atoms with Gasteiger partial charge >= 0.3 is 6.18 Å². The van der Waals surface area contributed by atoms with E-state index >= 15 is 0 Å². The minimum atomic E-state index is -4.18. The van der Waals surface area contributed by atoms with E-state index in [9.17, 15) is 18.0 Å². The van der Waals surface area contributed by atoms with E-state index in [2.05, 4.69) is 5.32 Å². The molecule has 110 valence electrons. The number of thiocarbonyl (C=S) groups is 1. The number of benzene rings is 1. The summed E-state index contributed by atoms with van der Waals surface area (Å²) in [7, 11) is 0. The van der Waals surface area contributed by atoms with Crippen molar-refractivity contribution in [2.45, 2.75) is 25.4 Å². The quantitative estimate of drug-likeness (QED) is 0.626. The molecule has 3 N–H and O–H groups in total. The van der Waals surface area contributed by atoms with Crippen LogP contribution >= 0.6 is 12.2 Å². The molecule has 20 heavy (non-hydrogen) atoms. The van der Waals surface area contributed by atoms with Gasteiger partial charge in [0.05, 0.1) is 6.42 Å². The number of halogens is 3. The number of nitrogens with one attached hydrogen (secondary N) is 1. The van der Waals surface area contributed by atoms with E-state index in [1.54, 1.807) is 24.3 Å². The Labute approximate surface area is 120 Å². The first kappa shape index (κ1) is 16.4. The van der Waals surface area contributed by atoms with Crippen molar-refractivity contribution in [2.24, 2.45) is 5.73 Å². The number of carbonyl (C=O) groups is 1. The molecule has 1 amide bonds. The lowest BCUT2D eigenvalue weighted by Crippen LogP contribution is -2.27. The topological polar surface area (TPSA) is 55.1 Å². The van der Waals surface area contributed by atoms with E-state index in [0.717, 1.165) is 5.56 Å². The maximum Gasteiger partial charge on any atom is 0.389 e. The van der Waals surface area contributed by atoms with Crippen LogP contribution in [0.3, 0.4) is 0 Å². The standard InChI is InChI=1S/C13H15F3N2OS/c14-13(15,16)6-1-7-18-11(19)8-9-2-4-10(5-3-9)12(17)20/h2-5H,1,6-8H2,(H2,17,20)(H,18,19). The van der Waals surface area contributed by atoms with E-state index in [1.165, 1.54) is 0 Å². The summed E-state index contributed by atoms with van der Waals surface area (Å²) in [6, 6.07) is 6.83. The Morgan fingerprint density at radius 3 is 2.35 bits per heavy atom. The molecule has 0 fully saturated rings. The third kappa shape index (κ3) is 6.51. The highest BCUT2D eigenvalue weighted by Gasteiger charge is 2.25. The highest BCUT2D eigenvalue weighted by Crippen LogP contribution is 2.20. The van der Waals surface area contributed by atoms with Crippen LogP contribution in [-0.4, -0.2) is 23.6 Å². The van der Waals surface area contributed by atoms with Gasteiger partial charge in [-0.25, -0.2) is 0 Å². The Balaban J connectivity index is 2.33. The van der Waals surface area contributed by atoms with E-state index in [0.29, 0.717) is 5.56 Å². The molecule has 0 aliphatic rings. The minimum absolute atomic E-state index is 0.0172. The van der Waals surface area contributed by atoms with Gasteiger partial charge in [-0.1, -0.05) is 36.5 Å². The third-order valence-electron chi connectivity index (χ3n) is 2.56. The van der Waals surface area contributed by atoms with Crippen molar-refractivity contribution in [1.82, 2.24) is 5.32 Å². The number of carbonyl (C=O) groups excluding carboxylic acids is 1. The van der Waals surface area contributed by atoms with Gasteiger partial charge in [-0.05, 0) is 12.0 Å². The largest absolute Gasteiger partial charge is 0.389 e. The zero-order chi connectivity index (χ0) is 15.2. The summed E-state index contributed by atoms with van der Waals surface area (Å²) < 4.78 is 35.7. The second-order valence-electron chi connectivity index (χ2n) is 4.31. The molecule has 0 aliphatic heterocycles. The molecule has 0 saturated carbocycles. The fraction of sp³-hybridized carbons (Fsp3) is 0.385. The van der Waals surface area contributed by atoms with Crippen LogP contribution in [0.4, 0.5) is 13.2 Å². The van der Waals surface area contributed by atoms with Gasteiger partial charge in [0.2, 0.25) is 5.91 Å². The van der Waals surface area contributed by atoms with Crippen LogP contribution in [0.25, 0.3) is 0 Å². The molecule has 0 saturated heterocycles. The number of nitrogens with two attached hydrogens (primary N) is 1. The van der Waals surface area contributed by atoms with Gasteiger partial charge in [0.1, 0.15) is 4.99 Å². The lowest BCUT2D eigenvalue weighted by molar-refractivity contribution is -0.136. The summed E-state index contributed by atoms with van der Waals surface area (Å²) in [5, 5.41) is 2.45. The van der Waals surface area contributed by atoms with Gasteiger partial charge in [0, 0.05) is 18.5 Å². The minimum Gasteiger partial charge on any atom is -0.389 e. The van der Waals surface area contributed by atoms with E-state index in [4.69, 9.17) is 18.0 Å². The van der Waals surface area contributed by atoms with Crippen molar-refractivity contribution in [3.8, 4) is 0 Å². The van der Waals surface area contributed by atoms with Crippen LogP contribution in [-0.2, 0) is 11.2 Å². The Kier molecular flexibility index (Phi) is 5.94. The molecule has 7 heteroatoms. The molecule has 1 aromatic rings. The van der Waals surface area contributed by atoms with Crippen LogP contribution in [0.1, 0.15) is 24.0 Å². The Bertz CT molecular complexity index is 471. The third-order valence-corrected chi connectivity index (χ3v) is 2.80. The maximum absolute atomic E-state index is 11.9. The molecular weight excluding hydrogens is 289 g/mol. The average Bonchev–Trinajstić information content (AvgIpc) is 2.34. The molecule has 0 heterocycles. The van der Waals surface area contributed by atoms with Crippen LogP contribution in [0.5, 0.6) is 0 Å². The van der Waals surface area contributed by atoms with Crippen LogP contribution < -0.4 is 11.1 Å². The number of alkyl halides is 3. The molecule has 0 spiro atoms. The summed E-state index contributed by atoms with van der Waals surface area (Å²) in [4.78, 5) is 11.8. The first-order chi connectivity index (χ1) is 9.28. The van der Waals surface area contributed by atoms with Crippen molar-refractivity contribution in [3.05, 3.63) is 35.4 Å². The van der Waals surface area contributed by atoms with Crippen molar-refractivity contribution in [1.29, 1.82) is 0 Å². The lowest BCUT2D eigenvalue weighted by Gasteiger charge is -2.08. The maximum atomic E-state index is 11.9. The van der Waals surface area contributed by atoms with Gasteiger partial charge < -0.3 is 11.1 Å². The van der Waals surface area contributed by atoms with E-state index in [1.807, 2.05) is 0 Å². The molecule has 0 bridgehead atoms. The zero-order valence-corrected chi connectivity index (χ0v) is 11.5. The highest BCUT2D eigenvalue weighted by atomic mass is 32.1. The molecule has 0 unspecified atom stereocenters. The number of amides is 1. The lowest BCUT2D eigenvalue weighted by atomic mass is 10.1. The van der Waals surface area contributed by atoms with Crippen molar-refractivity contribution < 1.29 is 18.0 Å². The van der Waals surface area contributed by atoms with Crippen LogP contribution in [0.2, 0.25) is 0 Å². The fourth-order valence-electron chi connectivity index (χ4n) is 1.55. The number of hydrogen-bond acceptors (Lipinski definition) is 2. The van der Waals surface area contributed by atoms with E-state index in [-0.39, 0.29) is 30.3 Å². The SMILES string of the molecule is NC(=S)c1ccc(CC(=O)NCCCC(F)(F)F)cc1. The van der Waals surface area contributed by atoms with Gasteiger partial charge in [-0.3, -0.25) is 4.79 Å². The predicted molar refractivity (Wildman–Crippen MR) is 74.3 cm³/mol. The van der Waals surface area contributed by atoms with Crippen molar-refractivity contribution in [2.75, 3.05) is 6.54 Å². The monoisotopic (exact) mass is 304 g/mol. The molecule has 0 radical (unpaired) electrons. The van der Waals surface area contributed by atoms with Crippen molar-refractivity contribution >= 4 is 23.1 Å². The first-order valence-electron chi connectivity index (χ1n) is 6.00. The summed E-state index contributed by atoms with van der Waals surface area (Å²) in [5.41, 5.74) is 6.89. The molecule has 0 aliphatic carbocycles. The van der Waals surface area contributed by atoms with Gasteiger partial charge in [0.15, 0.2) is 0 Å². The highest BCUT2D eigenvalue weighted by molar-refractivity contribution is 7.80. The van der Waals surface area contributed by atoms with Crippen LogP contribution in [0.15, 0.2) is 24.3 Å². The molecular formula is C13H15F3N2OS. The average molecular weight is 304 g/mol. The van der Waals surface area contributed by atoms with Crippen LogP contribution in [0, 0.1) is 0 Å².